The van der Waals surface area contributed by atoms with E-state index in [0.717, 1.165) is 11.4 Å². The summed E-state index contributed by atoms with van der Waals surface area (Å²) in [4.78, 5) is 0. The second kappa shape index (κ2) is 5.60. The molecule has 2 rings (SSSR count). The number of rotatable bonds is 4. The molecule has 0 aliphatic heterocycles. The molecule has 1 atom stereocenters. The van der Waals surface area contributed by atoms with Gasteiger partial charge in [0.25, 0.3) is 0 Å². The third-order valence-corrected chi connectivity index (χ3v) is 3.66. The highest BCUT2D eigenvalue weighted by atomic mass is 16.5. The highest BCUT2D eigenvalue weighted by Gasteiger charge is 2.24. The van der Waals surface area contributed by atoms with Gasteiger partial charge in [-0.1, -0.05) is 24.5 Å². The van der Waals surface area contributed by atoms with Gasteiger partial charge in [-0.05, 0) is 19.8 Å². The topological polar surface area (TPSA) is 66.0 Å². The summed E-state index contributed by atoms with van der Waals surface area (Å²) in [6.45, 7) is 2.45. The Labute approximate surface area is 102 Å². The molecule has 0 spiro atoms. The molecule has 0 radical (unpaired) electrons. The molecular weight excluding hydrogens is 216 g/mol. The maximum atomic E-state index is 5.71. The summed E-state index contributed by atoms with van der Waals surface area (Å²) in [6.07, 6.45) is 6.29. The van der Waals surface area contributed by atoms with Crippen LogP contribution in [0, 0.1) is 0 Å². The molecule has 1 heterocycles. The molecule has 1 fully saturated rings. The summed E-state index contributed by atoms with van der Waals surface area (Å²) in [6, 6.07) is 0.476. The van der Waals surface area contributed by atoms with Gasteiger partial charge in [0.15, 0.2) is 0 Å². The predicted octanol–water partition coefficient (Wildman–Crippen LogP) is 1.95. The van der Waals surface area contributed by atoms with E-state index >= 15 is 0 Å². The highest BCUT2D eigenvalue weighted by molar-refractivity contribution is 5.13. The van der Waals surface area contributed by atoms with Crippen LogP contribution < -0.4 is 5.73 Å². The number of methoxy groups -OCH3 is 1. The van der Waals surface area contributed by atoms with E-state index in [9.17, 15) is 0 Å². The lowest BCUT2D eigenvalue weighted by molar-refractivity contribution is 0.107. The zero-order valence-electron chi connectivity index (χ0n) is 10.7. The minimum Gasteiger partial charge on any atom is -0.375 e. The van der Waals surface area contributed by atoms with Crippen molar-refractivity contribution in [1.29, 1.82) is 0 Å². The first-order valence-electron chi connectivity index (χ1n) is 6.44. The molecule has 1 aromatic rings. The Morgan fingerprint density at radius 3 is 2.71 bits per heavy atom. The monoisotopic (exact) mass is 238 g/mol. The van der Waals surface area contributed by atoms with Crippen LogP contribution >= 0.6 is 0 Å². The number of ether oxygens (including phenoxy) is 1. The smallest absolute Gasteiger partial charge is 0.102 e. The van der Waals surface area contributed by atoms with Crippen LogP contribution in [0.5, 0.6) is 0 Å². The second-order valence-corrected chi connectivity index (χ2v) is 4.74. The van der Waals surface area contributed by atoms with Crippen LogP contribution in [0.15, 0.2) is 0 Å². The summed E-state index contributed by atoms with van der Waals surface area (Å²) in [5.41, 5.74) is 7.64. The Kier molecular flexibility index (Phi) is 4.12. The van der Waals surface area contributed by atoms with Crippen molar-refractivity contribution >= 4 is 0 Å². The van der Waals surface area contributed by atoms with Gasteiger partial charge in [0.1, 0.15) is 5.69 Å². The standard InChI is InChI=1S/C12H22N4O/c1-9(17-2)12-11(8-13)14-15-16(12)10-6-4-3-5-7-10/h9-10H,3-8,13H2,1-2H3. The van der Waals surface area contributed by atoms with E-state index in [-0.39, 0.29) is 6.10 Å². The largest absolute Gasteiger partial charge is 0.375 e. The van der Waals surface area contributed by atoms with E-state index in [1.165, 1.54) is 32.1 Å². The molecule has 1 aliphatic carbocycles. The third-order valence-electron chi connectivity index (χ3n) is 3.66. The summed E-state index contributed by atoms with van der Waals surface area (Å²) in [7, 11) is 1.71. The predicted molar refractivity (Wildman–Crippen MR) is 65.5 cm³/mol. The summed E-state index contributed by atoms with van der Waals surface area (Å²) < 4.78 is 7.46. The maximum Gasteiger partial charge on any atom is 0.102 e. The average molecular weight is 238 g/mol. The van der Waals surface area contributed by atoms with Crippen LogP contribution in [0.2, 0.25) is 0 Å². The van der Waals surface area contributed by atoms with Crippen LogP contribution in [0.3, 0.4) is 0 Å². The van der Waals surface area contributed by atoms with Gasteiger partial charge in [-0.3, -0.25) is 0 Å². The lowest BCUT2D eigenvalue weighted by atomic mass is 9.95. The fourth-order valence-electron chi connectivity index (χ4n) is 2.61. The van der Waals surface area contributed by atoms with Crippen molar-refractivity contribution in [2.24, 2.45) is 5.73 Å². The molecule has 5 nitrogen and oxygen atoms in total. The summed E-state index contributed by atoms with van der Waals surface area (Å²) in [5, 5.41) is 8.47. The molecule has 5 heteroatoms. The molecule has 2 N–H and O–H groups in total. The summed E-state index contributed by atoms with van der Waals surface area (Å²) in [5.74, 6) is 0. The van der Waals surface area contributed by atoms with Crippen molar-refractivity contribution in [3.05, 3.63) is 11.4 Å². The van der Waals surface area contributed by atoms with E-state index in [1.54, 1.807) is 7.11 Å². The van der Waals surface area contributed by atoms with Gasteiger partial charge < -0.3 is 10.5 Å². The molecule has 0 aromatic carbocycles. The molecule has 1 aliphatic rings. The second-order valence-electron chi connectivity index (χ2n) is 4.74. The Hall–Kier alpha value is -0.940. The fourth-order valence-corrected chi connectivity index (χ4v) is 2.61. The van der Waals surface area contributed by atoms with Gasteiger partial charge in [0.05, 0.1) is 17.8 Å². The van der Waals surface area contributed by atoms with Gasteiger partial charge in [0, 0.05) is 13.7 Å². The number of nitrogens with two attached hydrogens (primary N) is 1. The first-order valence-corrected chi connectivity index (χ1v) is 6.44. The third kappa shape index (κ3) is 2.50. The Bertz CT molecular complexity index is 357. The Balaban J connectivity index is 2.28. The minimum atomic E-state index is 0.00507. The summed E-state index contributed by atoms with van der Waals surface area (Å²) >= 11 is 0. The van der Waals surface area contributed by atoms with Gasteiger partial charge in [-0.2, -0.15) is 0 Å². The van der Waals surface area contributed by atoms with Crippen molar-refractivity contribution in [2.75, 3.05) is 7.11 Å². The first kappa shape index (κ1) is 12.5. The number of hydrogen-bond acceptors (Lipinski definition) is 4. The highest BCUT2D eigenvalue weighted by Crippen LogP contribution is 2.31. The molecule has 96 valence electrons. The quantitative estimate of drug-likeness (QED) is 0.870. The van der Waals surface area contributed by atoms with E-state index in [0.29, 0.717) is 12.6 Å². The van der Waals surface area contributed by atoms with E-state index in [1.807, 2.05) is 6.92 Å². The van der Waals surface area contributed by atoms with Gasteiger partial charge >= 0.3 is 0 Å². The van der Waals surface area contributed by atoms with E-state index < -0.39 is 0 Å². The van der Waals surface area contributed by atoms with Crippen LogP contribution in [-0.4, -0.2) is 22.1 Å². The Morgan fingerprint density at radius 1 is 1.41 bits per heavy atom. The van der Waals surface area contributed by atoms with Crippen molar-refractivity contribution in [2.45, 2.75) is 57.7 Å². The van der Waals surface area contributed by atoms with Gasteiger partial charge in [-0.25, -0.2) is 4.68 Å². The maximum absolute atomic E-state index is 5.71. The first-order chi connectivity index (χ1) is 8.27. The number of hydrogen-bond donors (Lipinski definition) is 1. The molecule has 17 heavy (non-hydrogen) atoms. The molecule has 1 unspecified atom stereocenters. The van der Waals surface area contributed by atoms with Crippen molar-refractivity contribution < 1.29 is 4.74 Å². The number of nitrogens with zero attached hydrogens (tertiary/aromatic N) is 3. The average Bonchev–Trinajstić information content (AvgIpc) is 2.82. The molecule has 0 saturated heterocycles. The fraction of sp³-hybridized carbons (Fsp3) is 0.833. The zero-order valence-corrected chi connectivity index (χ0v) is 10.7. The lowest BCUT2D eigenvalue weighted by Gasteiger charge is -2.24. The van der Waals surface area contributed by atoms with Gasteiger partial charge in [0.2, 0.25) is 0 Å². The van der Waals surface area contributed by atoms with Gasteiger partial charge in [-0.15, -0.1) is 5.10 Å². The molecule has 0 bridgehead atoms. The van der Waals surface area contributed by atoms with Crippen LogP contribution in [0.1, 0.15) is 62.6 Å². The Morgan fingerprint density at radius 2 is 2.12 bits per heavy atom. The van der Waals surface area contributed by atoms with Crippen molar-refractivity contribution in [3.63, 3.8) is 0 Å². The van der Waals surface area contributed by atoms with E-state index in [2.05, 4.69) is 15.0 Å². The molecule has 1 saturated carbocycles. The molecule has 1 aromatic heterocycles. The zero-order chi connectivity index (χ0) is 12.3. The normalized spacial score (nSPS) is 19.5. The molecule has 0 amide bonds. The van der Waals surface area contributed by atoms with Crippen LogP contribution in [-0.2, 0) is 11.3 Å². The number of aromatic nitrogens is 3. The van der Waals surface area contributed by atoms with Crippen LogP contribution in [0.4, 0.5) is 0 Å². The van der Waals surface area contributed by atoms with Crippen molar-refractivity contribution in [1.82, 2.24) is 15.0 Å². The lowest BCUT2D eigenvalue weighted by Crippen LogP contribution is -2.19. The van der Waals surface area contributed by atoms with E-state index in [4.69, 9.17) is 10.5 Å². The van der Waals surface area contributed by atoms with Crippen LogP contribution in [0.25, 0.3) is 0 Å². The minimum absolute atomic E-state index is 0.00507. The SMILES string of the molecule is COC(C)c1c(CN)nnn1C1CCCCC1. The molecular formula is C12H22N4O. The van der Waals surface area contributed by atoms with Crippen molar-refractivity contribution in [3.8, 4) is 0 Å².